The Kier molecular flexibility index (Phi) is 7.66. The second kappa shape index (κ2) is 9.76. The predicted octanol–water partition coefficient (Wildman–Crippen LogP) is 4.01. The van der Waals surface area contributed by atoms with Gasteiger partial charge in [-0.15, -0.1) is 0 Å². The Morgan fingerprint density at radius 2 is 1.39 bits per heavy atom. The molecule has 0 fully saturated rings. The van der Waals surface area contributed by atoms with Crippen molar-refractivity contribution in [3.8, 4) is 0 Å². The van der Waals surface area contributed by atoms with Crippen LogP contribution in [-0.4, -0.2) is 24.1 Å². The molecule has 4 N–H and O–H groups in total. The molecule has 3 heteroatoms. The fourth-order valence-corrected chi connectivity index (χ4v) is 3.83. The van der Waals surface area contributed by atoms with E-state index in [2.05, 4.69) is 66.9 Å². The van der Waals surface area contributed by atoms with Crippen molar-refractivity contribution >= 4 is 11.8 Å². The molecule has 124 valence electrons. The molecule has 2 aromatic rings. The van der Waals surface area contributed by atoms with Gasteiger partial charge in [0.15, 0.2) is 0 Å². The summed E-state index contributed by atoms with van der Waals surface area (Å²) < 4.78 is 0. The van der Waals surface area contributed by atoms with Gasteiger partial charge in [-0.05, 0) is 36.6 Å². The summed E-state index contributed by atoms with van der Waals surface area (Å²) >= 11 is 1.91. The zero-order valence-corrected chi connectivity index (χ0v) is 14.7. The summed E-state index contributed by atoms with van der Waals surface area (Å²) in [7, 11) is 0. The van der Waals surface area contributed by atoms with Crippen LogP contribution in [0.5, 0.6) is 0 Å². The maximum absolute atomic E-state index is 6.04. The first-order valence-electron chi connectivity index (χ1n) is 8.33. The van der Waals surface area contributed by atoms with Crippen LogP contribution in [0.2, 0.25) is 0 Å². The highest BCUT2D eigenvalue weighted by atomic mass is 32.2. The molecule has 2 unspecified atom stereocenters. The van der Waals surface area contributed by atoms with Gasteiger partial charge in [0, 0.05) is 23.8 Å². The van der Waals surface area contributed by atoms with E-state index < -0.39 is 0 Å². The summed E-state index contributed by atoms with van der Waals surface area (Å²) in [6, 6.07) is 21.7. The minimum atomic E-state index is 0.111. The van der Waals surface area contributed by atoms with E-state index in [1.807, 2.05) is 11.8 Å². The van der Waals surface area contributed by atoms with Gasteiger partial charge in [-0.3, -0.25) is 0 Å². The van der Waals surface area contributed by atoms with E-state index in [0.717, 1.165) is 19.3 Å². The van der Waals surface area contributed by atoms with E-state index in [1.165, 1.54) is 11.1 Å². The summed E-state index contributed by atoms with van der Waals surface area (Å²) in [5, 5.41) is 0.573. The van der Waals surface area contributed by atoms with E-state index in [9.17, 15) is 0 Å². The van der Waals surface area contributed by atoms with Crippen molar-refractivity contribution in [1.82, 2.24) is 0 Å². The van der Waals surface area contributed by atoms with Crippen LogP contribution in [0.25, 0.3) is 0 Å². The molecule has 2 nitrogen and oxygen atoms in total. The Labute approximate surface area is 144 Å². The molecule has 0 saturated carbocycles. The van der Waals surface area contributed by atoms with Crippen LogP contribution in [-0.2, 0) is 0 Å². The quantitative estimate of drug-likeness (QED) is 0.731. The monoisotopic (exact) mass is 328 g/mol. The van der Waals surface area contributed by atoms with Gasteiger partial charge >= 0.3 is 0 Å². The minimum absolute atomic E-state index is 0.111. The lowest BCUT2D eigenvalue weighted by Crippen LogP contribution is -2.32. The highest BCUT2D eigenvalue weighted by Crippen LogP contribution is 2.32. The summed E-state index contributed by atoms with van der Waals surface area (Å²) in [5.41, 5.74) is 14.5. The second-order valence-corrected chi connectivity index (χ2v) is 7.18. The topological polar surface area (TPSA) is 52.0 Å². The highest BCUT2D eigenvalue weighted by molar-refractivity contribution is 7.99. The van der Waals surface area contributed by atoms with Gasteiger partial charge in [-0.25, -0.2) is 0 Å². The molecule has 23 heavy (non-hydrogen) atoms. The van der Waals surface area contributed by atoms with Gasteiger partial charge < -0.3 is 11.5 Å². The predicted molar refractivity (Wildman–Crippen MR) is 103 cm³/mol. The fraction of sp³-hybridized carbons (Fsp3) is 0.400. The average molecular weight is 329 g/mol. The number of nitrogens with two attached hydrogens (primary N) is 2. The van der Waals surface area contributed by atoms with Gasteiger partial charge in [-0.1, -0.05) is 60.7 Å². The van der Waals surface area contributed by atoms with Crippen molar-refractivity contribution in [3.05, 3.63) is 71.8 Å². The summed E-state index contributed by atoms with van der Waals surface area (Å²) in [5.74, 6) is 0.446. The van der Waals surface area contributed by atoms with Crippen LogP contribution in [0.4, 0.5) is 0 Å². The van der Waals surface area contributed by atoms with Crippen molar-refractivity contribution in [3.63, 3.8) is 0 Å². The number of benzene rings is 2. The van der Waals surface area contributed by atoms with E-state index in [-0.39, 0.29) is 6.04 Å². The molecule has 2 aromatic carbocycles. The first-order valence-corrected chi connectivity index (χ1v) is 9.61. The van der Waals surface area contributed by atoms with Gasteiger partial charge in [-0.2, -0.15) is 11.8 Å². The molecule has 2 atom stereocenters. The molecule has 0 aromatic heterocycles. The van der Waals surface area contributed by atoms with Crippen LogP contribution < -0.4 is 11.5 Å². The zero-order valence-electron chi connectivity index (χ0n) is 13.9. The van der Waals surface area contributed by atoms with Crippen molar-refractivity contribution in [2.75, 3.05) is 12.8 Å². The van der Waals surface area contributed by atoms with Crippen molar-refractivity contribution < 1.29 is 0 Å². The van der Waals surface area contributed by atoms with E-state index in [0.29, 0.717) is 17.7 Å². The molecule has 0 heterocycles. The van der Waals surface area contributed by atoms with Crippen molar-refractivity contribution in [2.24, 2.45) is 11.5 Å². The highest BCUT2D eigenvalue weighted by Gasteiger charge is 2.18. The summed E-state index contributed by atoms with van der Waals surface area (Å²) in [4.78, 5) is 0. The molecule has 0 aliphatic heterocycles. The van der Waals surface area contributed by atoms with Crippen LogP contribution in [0.15, 0.2) is 60.7 Å². The third-order valence-electron chi connectivity index (χ3n) is 4.38. The lowest BCUT2D eigenvalue weighted by atomic mass is 9.86. The molecular weight excluding hydrogens is 300 g/mol. The molecule has 0 bridgehead atoms. The van der Waals surface area contributed by atoms with E-state index in [4.69, 9.17) is 11.5 Å². The van der Waals surface area contributed by atoms with E-state index in [1.54, 1.807) is 0 Å². The first kappa shape index (κ1) is 18.1. The molecule has 0 saturated heterocycles. The van der Waals surface area contributed by atoms with E-state index >= 15 is 0 Å². The van der Waals surface area contributed by atoms with Crippen LogP contribution in [0.1, 0.15) is 36.3 Å². The summed E-state index contributed by atoms with van der Waals surface area (Å²) in [6.45, 7) is 0.567. The Bertz CT molecular complexity index is 505. The standard InChI is InChI=1S/C20H28N2S/c1-23-19(14-18(22)15-21)12-13-20(16-8-4-2-5-9-16)17-10-6-3-7-11-17/h2-11,18-20H,12-15,21-22H2,1H3. The molecule has 0 aliphatic rings. The van der Waals surface area contributed by atoms with Gasteiger partial charge in [0.2, 0.25) is 0 Å². The van der Waals surface area contributed by atoms with Gasteiger partial charge in [0.1, 0.15) is 0 Å². The van der Waals surface area contributed by atoms with Crippen LogP contribution in [0.3, 0.4) is 0 Å². The lowest BCUT2D eigenvalue weighted by molar-refractivity contribution is 0.554. The maximum atomic E-state index is 6.04. The number of thioether (sulfide) groups is 1. The molecule has 0 spiro atoms. The number of hydrogen-bond acceptors (Lipinski definition) is 3. The smallest absolute Gasteiger partial charge is 0.0173 e. The first-order chi connectivity index (χ1) is 11.2. The molecular formula is C20H28N2S. The SMILES string of the molecule is CSC(CCC(c1ccccc1)c1ccccc1)CC(N)CN. The maximum Gasteiger partial charge on any atom is 0.0173 e. The average Bonchev–Trinajstić information content (AvgIpc) is 2.62. The molecule has 2 rings (SSSR count). The molecule has 0 aliphatic carbocycles. The second-order valence-electron chi connectivity index (χ2n) is 6.04. The normalized spacial score (nSPS) is 13.9. The number of hydrogen-bond donors (Lipinski definition) is 2. The molecule has 0 amide bonds. The van der Waals surface area contributed by atoms with Crippen LogP contribution in [0, 0.1) is 0 Å². The number of rotatable bonds is 9. The zero-order chi connectivity index (χ0) is 16.5. The lowest BCUT2D eigenvalue weighted by Gasteiger charge is -2.23. The Morgan fingerprint density at radius 3 is 1.83 bits per heavy atom. The van der Waals surface area contributed by atoms with Crippen LogP contribution >= 0.6 is 11.8 Å². The minimum Gasteiger partial charge on any atom is -0.329 e. The summed E-state index contributed by atoms with van der Waals surface area (Å²) in [6.07, 6.45) is 5.46. The third-order valence-corrected chi connectivity index (χ3v) is 5.48. The third kappa shape index (κ3) is 5.69. The fourth-order valence-electron chi connectivity index (χ4n) is 3.01. The largest absolute Gasteiger partial charge is 0.329 e. The molecule has 0 radical (unpaired) electrons. The van der Waals surface area contributed by atoms with Gasteiger partial charge in [0.05, 0.1) is 0 Å². The van der Waals surface area contributed by atoms with Crippen molar-refractivity contribution in [2.45, 2.75) is 36.5 Å². The van der Waals surface area contributed by atoms with Gasteiger partial charge in [0.25, 0.3) is 0 Å². The Hall–Kier alpha value is -1.29. The Morgan fingerprint density at radius 1 is 0.870 bits per heavy atom. The Balaban J connectivity index is 2.09. The van der Waals surface area contributed by atoms with Crippen molar-refractivity contribution in [1.29, 1.82) is 0 Å².